The molecule has 0 saturated carbocycles. The molecule has 12 heavy (non-hydrogen) atoms. The van der Waals surface area contributed by atoms with Crippen molar-refractivity contribution in [3.63, 3.8) is 0 Å². The van der Waals surface area contributed by atoms with Crippen LogP contribution in [0.3, 0.4) is 0 Å². The Labute approximate surface area is 82.1 Å². The Morgan fingerprint density at radius 3 is 2.25 bits per heavy atom. The molecule has 66 valence electrons. The summed E-state index contributed by atoms with van der Waals surface area (Å²) in [6.45, 7) is 3.37. The van der Waals surface area contributed by atoms with Gasteiger partial charge in [0.2, 0.25) is 0 Å². The molecule has 1 aromatic rings. The molecule has 0 aromatic heterocycles. The van der Waals surface area contributed by atoms with E-state index in [1.807, 2.05) is 0 Å². The van der Waals surface area contributed by atoms with Crippen LogP contribution < -0.4 is 5.30 Å². The predicted octanol–water partition coefficient (Wildman–Crippen LogP) is 3.24. The third kappa shape index (κ3) is 2.26. The number of hydrogen-bond acceptors (Lipinski definition) is 1. The molecule has 0 aliphatic heterocycles. The van der Waals surface area contributed by atoms with Crippen LogP contribution >= 0.6 is 30.3 Å². The molecule has 0 bridgehead atoms. The van der Waals surface area contributed by atoms with Gasteiger partial charge in [0.15, 0.2) is 0 Å². The van der Waals surface area contributed by atoms with E-state index in [0.29, 0.717) is 15.3 Å². The van der Waals surface area contributed by atoms with Crippen LogP contribution in [-0.2, 0) is 4.57 Å². The van der Waals surface area contributed by atoms with Crippen molar-refractivity contribution >= 4 is 35.6 Å². The highest BCUT2D eigenvalue weighted by Gasteiger charge is 2.14. The molecule has 0 fully saturated rings. The molecule has 0 N–H and O–H groups in total. The molecule has 0 radical (unpaired) electrons. The summed E-state index contributed by atoms with van der Waals surface area (Å²) in [6, 6.07) is 5.02. The van der Waals surface area contributed by atoms with E-state index in [1.54, 1.807) is 31.5 Å². The van der Waals surface area contributed by atoms with E-state index in [-0.39, 0.29) is 0 Å². The van der Waals surface area contributed by atoms with Crippen molar-refractivity contribution in [3.05, 3.63) is 28.2 Å². The maximum absolute atomic E-state index is 11.6. The quantitative estimate of drug-likeness (QED) is 0.668. The van der Waals surface area contributed by atoms with Gasteiger partial charge >= 0.3 is 0 Å². The van der Waals surface area contributed by atoms with Crippen LogP contribution in [0.4, 0.5) is 0 Å². The second kappa shape index (κ2) is 3.41. The van der Waals surface area contributed by atoms with E-state index in [1.165, 1.54) is 0 Å². The van der Waals surface area contributed by atoms with Crippen molar-refractivity contribution < 1.29 is 4.57 Å². The van der Waals surface area contributed by atoms with Gasteiger partial charge in [0.25, 0.3) is 0 Å². The molecule has 0 saturated heterocycles. The molecule has 0 aliphatic rings. The first-order valence-corrected chi connectivity index (χ1v) is 6.77. The fraction of sp³-hybridized carbons (Fsp3) is 0.250. The molecule has 0 spiro atoms. The molecule has 0 heterocycles. The molecule has 1 aromatic carbocycles. The van der Waals surface area contributed by atoms with E-state index < -0.39 is 7.14 Å². The van der Waals surface area contributed by atoms with E-state index in [2.05, 4.69) is 0 Å². The lowest BCUT2D eigenvalue weighted by Crippen LogP contribution is -2.03. The van der Waals surface area contributed by atoms with Gasteiger partial charge in [-0.2, -0.15) is 0 Å². The minimum Gasteiger partial charge on any atom is -0.319 e. The van der Waals surface area contributed by atoms with Crippen molar-refractivity contribution in [1.82, 2.24) is 0 Å². The van der Waals surface area contributed by atoms with Crippen LogP contribution in [-0.4, -0.2) is 13.3 Å². The summed E-state index contributed by atoms with van der Waals surface area (Å²) in [5.74, 6) is 0. The molecular weight excluding hydrogens is 214 g/mol. The molecule has 4 heteroatoms. The van der Waals surface area contributed by atoms with Gasteiger partial charge in [-0.1, -0.05) is 23.2 Å². The average Bonchev–Trinajstić information content (AvgIpc) is 1.83. The average molecular weight is 223 g/mol. The van der Waals surface area contributed by atoms with E-state index >= 15 is 0 Å². The first-order chi connectivity index (χ1) is 5.41. The van der Waals surface area contributed by atoms with Gasteiger partial charge < -0.3 is 4.57 Å². The Kier molecular flexibility index (Phi) is 2.88. The van der Waals surface area contributed by atoms with Crippen molar-refractivity contribution in [2.45, 2.75) is 0 Å². The lowest BCUT2D eigenvalue weighted by molar-refractivity contribution is 0.588. The number of benzene rings is 1. The lowest BCUT2D eigenvalue weighted by Gasteiger charge is -2.08. The maximum atomic E-state index is 11.6. The minimum atomic E-state index is -2.27. The minimum absolute atomic E-state index is 0.482. The highest BCUT2D eigenvalue weighted by molar-refractivity contribution is 7.70. The fourth-order valence-corrected chi connectivity index (χ4v) is 2.95. The van der Waals surface area contributed by atoms with Crippen LogP contribution in [0.25, 0.3) is 0 Å². The number of rotatable bonds is 1. The first kappa shape index (κ1) is 10.1. The second-order valence-corrected chi connectivity index (χ2v) is 6.97. The van der Waals surface area contributed by atoms with Crippen molar-refractivity contribution in [2.75, 3.05) is 13.3 Å². The normalized spacial score (nSPS) is 11.7. The molecule has 0 unspecified atom stereocenters. The molecule has 0 amide bonds. The maximum Gasteiger partial charge on any atom is 0.111 e. The van der Waals surface area contributed by atoms with Gasteiger partial charge in [-0.15, -0.1) is 0 Å². The second-order valence-electron chi connectivity index (χ2n) is 2.95. The third-order valence-electron chi connectivity index (χ3n) is 1.49. The first-order valence-electron chi connectivity index (χ1n) is 3.42. The molecule has 0 atom stereocenters. The van der Waals surface area contributed by atoms with Crippen LogP contribution in [0.5, 0.6) is 0 Å². The summed E-state index contributed by atoms with van der Waals surface area (Å²) in [5.41, 5.74) is 0. The summed E-state index contributed by atoms with van der Waals surface area (Å²) < 4.78 is 11.6. The smallest absolute Gasteiger partial charge is 0.111 e. The molecule has 1 rings (SSSR count). The van der Waals surface area contributed by atoms with Gasteiger partial charge in [-0.25, -0.2) is 0 Å². The largest absolute Gasteiger partial charge is 0.319 e. The Morgan fingerprint density at radius 1 is 1.25 bits per heavy atom. The predicted molar refractivity (Wildman–Crippen MR) is 55.6 cm³/mol. The van der Waals surface area contributed by atoms with Crippen molar-refractivity contribution in [1.29, 1.82) is 0 Å². The zero-order chi connectivity index (χ0) is 9.35. The van der Waals surface area contributed by atoms with Crippen LogP contribution in [0.1, 0.15) is 0 Å². The lowest BCUT2D eigenvalue weighted by atomic mass is 10.4. The van der Waals surface area contributed by atoms with Crippen LogP contribution in [0, 0.1) is 0 Å². The van der Waals surface area contributed by atoms with Gasteiger partial charge in [0, 0.05) is 10.3 Å². The fourth-order valence-electron chi connectivity index (χ4n) is 0.918. The Hall–Kier alpha value is 0.0300. The van der Waals surface area contributed by atoms with Crippen molar-refractivity contribution in [2.24, 2.45) is 0 Å². The highest BCUT2D eigenvalue weighted by atomic mass is 35.5. The van der Waals surface area contributed by atoms with Gasteiger partial charge in [0.1, 0.15) is 7.14 Å². The van der Waals surface area contributed by atoms with E-state index in [4.69, 9.17) is 23.2 Å². The summed E-state index contributed by atoms with van der Waals surface area (Å²) in [5, 5.41) is 1.74. The third-order valence-corrected chi connectivity index (χ3v) is 3.72. The van der Waals surface area contributed by atoms with Crippen LogP contribution in [0.2, 0.25) is 10.0 Å². The Balaban J connectivity index is 3.28. The highest BCUT2D eigenvalue weighted by Crippen LogP contribution is 2.37. The van der Waals surface area contributed by atoms with E-state index in [9.17, 15) is 4.57 Å². The summed E-state index contributed by atoms with van der Waals surface area (Å²) in [7, 11) is -2.27. The Morgan fingerprint density at radius 2 is 1.83 bits per heavy atom. The van der Waals surface area contributed by atoms with E-state index in [0.717, 1.165) is 0 Å². The summed E-state index contributed by atoms with van der Waals surface area (Å²) >= 11 is 11.6. The van der Waals surface area contributed by atoms with Gasteiger partial charge in [-0.05, 0) is 31.5 Å². The zero-order valence-electron chi connectivity index (χ0n) is 6.84. The monoisotopic (exact) mass is 222 g/mol. The van der Waals surface area contributed by atoms with Gasteiger partial charge in [0.05, 0.1) is 5.02 Å². The van der Waals surface area contributed by atoms with Crippen LogP contribution in [0.15, 0.2) is 18.2 Å². The topological polar surface area (TPSA) is 17.1 Å². The van der Waals surface area contributed by atoms with Crippen molar-refractivity contribution in [3.8, 4) is 0 Å². The molecule has 0 aliphatic carbocycles. The number of halogens is 2. The summed E-state index contributed by atoms with van der Waals surface area (Å²) in [6.07, 6.45) is 0. The SMILES string of the molecule is CP(C)(=O)c1ccc(Cl)cc1Cl. The molecule has 1 nitrogen and oxygen atoms in total. The number of hydrogen-bond donors (Lipinski definition) is 0. The zero-order valence-corrected chi connectivity index (χ0v) is 9.25. The summed E-state index contributed by atoms with van der Waals surface area (Å²) in [4.78, 5) is 0. The van der Waals surface area contributed by atoms with Gasteiger partial charge in [-0.3, -0.25) is 0 Å². The standard InChI is InChI=1S/C8H9Cl2OP/c1-12(2,11)8-4-3-6(9)5-7(8)10/h3-5H,1-2H3. The Bertz CT molecular complexity index is 343. The molecular formula is C8H9Cl2OP.